The Morgan fingerprint density at radius 1 is 1.21 bits per heavy atom. The Morgan fingerprint density at radius 2 is 1.84 bits per heavy atom. The average molecular weight is 290 g/mol. The summed E-state index contributed by atoms with van der Waals surface area (Å²) in [6.45, 7) is 11.1. The summed E-state index contributed by atoms with van der Waals surface area (Å²) in [7, 11) is -2.87. The van der Waals surface area contributed by atoms with Gasteiger partial charge in [-0.1, -0.05) is 20.8 Å². The minimum absolute atomic E-state index is 0.168. The summed E-state index contributed by atoms with van der Waals surface area (Å²) in [6.07, 6.45) is 2.90. The zero-order valence-corrected chi connectivity index (χ0v) is 13.7. The van der Waals surface area contributed by atoms with Crippen molar-refractivity contribution in [2.75, 3.05) is 31.1 Å². The molecular formula is C14H30N2O2S. The molecule has 4 nitrogen and oxygen atoms in total. The number of hydrogen-bond donors (Lipinski definition) is 1. The lowest BCUT2D eigenvalue weighted by Gasteiger charge is -2.46. The number of piperazine rings is 1. The zero-order valence-electron chi connectivity index (χ0n) is 12.9. The molecule has 0 saturated carbocycles. The molecule has 0 amide bonds. The van der Waals surface area contributed by atoms with Gasteiger partial charge >= 0.3 is 0 Å². The summed E-state index contributed by atoms with van der Waals surface area (Å²) in [5, 5.41) is 3.64. The SMILES string of the molecule is CCCS(=O)(=O)CCN1CC(CC)(CC)NCC1C. The van der Waals surface area contributed by atoms with E-state index in [2.05, 4.69) is 31.0 Å². The van der Waals surface area contributed by atoms with E-state index in [0.717, 1.165) is 25.9 Å². The molecule has 0 spiro atoms. The molecule has 0 aromatic heterocycles. The monoisotopic (exact) mass is 290 g/mol. The van der Waals surface area contributed by atoms with Crippen molar-refractivity contribution in [2.45, 2.75) is 58.5 Å². The molecule has 1 fully saturated rings. The molecule has 0 aromatic rings. The standard InChI is InChI=1S/C14H30N2O2S/c1-5-9-19(17,18)10-8-16-12-14(6-2,7-3)15-11-13(16)4/h13,15H,5-12H2,1-4H3. The molecule has 114 valence electrons. The number of rotatable bonds is 7. The molecule has 1 saturated heterocycles. The van der Waals surface area contributed by atoms with Crippen LogP contribution in [-0.2, 0) is 9.84 Å². The van der Waals surface area contributed by atoms with Crippen LogP contribution in [0, 0.1) is 0 Å². The number of hydrogen-bond acceptors (Lipinski definition) is 4. The smallest absolute Gasteiger partial charge is 0.151 e. The maximum Gasteiger partial charge on any atom is 0.151 e. The van der Waals surface area contributed by atoms with E-state index in [4.69, 9.17) is 0 Å². The Morgan fingerprint density at radius 3 is 2.37 bits per heavy atom. The second-order valence-electron chi connectivity index (χ2n) is 5.84. The van der Waals surface area contributed by atoms with E-state index in [0.29, 0.717) is 30.5 Å². The van der Waals surface area contributed by atoms with Crippen LogP contribution in [0.25, 0.3) is 0 Å². The number of nitrogens with zero attached hydrogens (tertiary/aromatic N) is 1. The van der Waals surface area contributed by atoms with Gasteiger partial charge in [-0.05, 0) is 26.2 Å². The molecule has 19 heavy (non-hydrogen) atoms. The van der Waals surface area contributed by atoms with Crippen molar-refractivity contribution in [3.05, 3.63) is 0 Å². The molecule has 0 aliphatic carbocycles. The van der Waals surface area contributed by atoms with Crippen molar-refractivity contribution in [1.29, 1.82) is 0 Å². The summed E-state index contributed by atoms with van der Waals surface area (Å²) in [6, 6.07) is 0.419. The van der Waals surface area contributed by atoms with Gasteiger partial charge in [0.2, 0.25) is 0 Å². The third kappa shape index (κ3) is 4.72. The summed E-state index contributed by atoms with van der Waals surface area (Å²) in [4.78, 5) is 2.34. The van der Waals surface area contributed by atoms with E-state index in [1.807, 2.05) is 6.92 Å². The first-order chi connectivity index (χ1) is 8.88. The highest BCUT2D eigenvalue weighted by Crippen LogP contribution is 2.22. The van der Waals surface area contributed by atoms with Crippen molar-refractivity contribution >= 4 is 9.84 Å². The van der Waals surface area contributed by atoms with Gasteiger partial charge in [-0.15, -0.1) is 0 Å². The van der Waals surface area contributed by atoms with Crippen LogP contribution < -0.4 is 5.32 Å². The molecule has 1 aliphatic heterocycles. The van der Waals surface area contributed by atoms with E-state index in [1.165, 1.54) is 0 Å². The molecule has 1 atom stereocenters. The summed E-state index contributed by atoms with van der Waals surface area (Å²) in [5.74, 6) is 0.620. The summed E-state index contributed by atoms with van der Waals surface area (Å²) < 4.78 is 23.7. The average Bonchev–Trinajstić information content (AvgIpc) is 2.38. The molecule has 1 unspecified atom stereocenters. The molecular weight excluding hydrogens is 260 g/mol. The Hall–Kier alpha value is -0.130. The maximum atomic E-state index is 11.8. The molecule has 1 aliphatic rings. The topological polar surface area (TPSA) is 49.4 Å². The predicted molar refractivity (Wildman–Crippen MR) is 81.3 cm³/mol. The first-order valence-corrected chi connectivity index (χ1v) is 9.39. The van der Waals surface area contributed by atoms with Gasteiger partial charge < -0.3 is 5.32 Å². The fraction of sp³-hybridized carbons (Fsp3) is 1.00. The fourth-order valence-electron chi connectivity index (χ4n) is 2.79. The van der Waals surface area contributed by atoms with E-state index in [1.54, 1.807) is 0 Å². The van der Waals surface area contributed by atoms with Crippen LogP contribution in [0.3, 0.4) is 0 Å². The number of nitrogens with one attached hydrogen (secondary N) is 1. The third-order valence-corrected chi connectivity index (χ3v) is 6.29. The minimum Gasteiger partial charge on any atom is -0.308 e. The second-order valence-corrected chi connectivity index (χ2v) is 8.14. The molecule has 0 aromatic carbocycles. The van der Waals surface area contributed by atoms with Gasteiger partial charge in [0, 0.05) is 37.0 Å². The Kier molecular flexibility index (Phi) is 6.27. The van der Waals surface area contributed by atoms with Gasteiger partial charge in [0.15, 0.2) is 9.84 Å². The molecule has 1 heterocycles. The van der Waals surface area contributed by atoms with Crippen molar-refractivity contribution in [3.8, 4) is 0 Å². The highest BCUT2D eigenvalue weighted by molar-refractivity contribution is 7.91. The quantitative estimate of drug-likeness (QED) is 0.775. The molecule has 5 heteroatoms. The highest BCUT2D eigenvalue weighted by Gasteiger charge is 2.35. The van der Waals surface area contributed by atoms with Gasteiger partial charge in [0.25, 0.3) is 0 Å². The van der Waals surface area contributed by atoms with E-state index in [9.17, 15) is 8.42 Å². The number of sulfone groups is 1. The van der Waals surface area contributed by atoms with Crippen molar-refractivity contribution < 1.29 is 8.42 Å². The largest absolute Gasteiger partial charge is 0.308 e. The van der Waals surface area contributed by atoms with Crippen LogP contribution in [-0.4, -0.2) is 56.0 Å². The summed E-state index contributed by atoms with van der Waals surface area (Å²) >= 11 is 0. The lowest BCUT2D eigenvalue weighted by atomic mass is 9.89. The normalized spacial score (nSPS) is 24.5. The Labute approximate surface area is 118 Å². The predicted octanol–water partition coefficient (Wildman–Crippen LogP) is 1.66. The van der Waals surface area contributed by atoms with Crippen molar-refractivity contribution in [3.63, 3.8) is 0 Å². The lowest BCUT2D eigenvalue weighted by Crippen LogP contribution is -2.63. The fourth-order valence-corrected chi connectivity index (χ4v) is 4.13. The second kappa shape index (κ2) is 7.04. The van der Waals surface area contributed by atoms with Gasteiger partial charge in [0.05, 0.1) is 5.75 Å². The Balaban J connectivity index is 2.61. The van der Waals surface area contributed by atoms with Crippen molar-refractivity contribution in [2.24, 2.45) is 0 Å². The molecule has 0 radical (unpaired) electrons. The zero-order chi connectivity index (χ0) is 14.5. The highest BCUT2D eigenvalue weighted by atomic mass is 32.2. The lowest BCUT2D eigenvalue weighted by molar-refractivity contribution is 0.0864. The van der Waals surface area contributed by atoms with Crippen LogP contribution in [0.1, 0.15) is 47.0 Å². The summed E-state index contributed by atoms with van der Waals surface area (Å²) in [5.41, 5.74) is 0.168. The van der Waals surface area contributed by atoms with E-state index >= 15 is 0 Å². The molecule has 1 N–H and O–H groups in total. The Bertz CT molecular complexity index is 364. The van der Waals surface area contributed by atoms with E-state index < -0.39 is 9.84 Å². The van der Waals surface area contributed by atoms with Crippen LogP contribution in [0.4, 0.5) is 0 Å². The van der Waals surface area contributed by atoms with Gasteiger partial charge in [0.1, 0.15) is 0 Å². The van der Waals surface area contributed by atoms with Crippen molar-refractivity contribution in [1.82, 2.24) is 10.2 Å². The van der Waals surface area contributed by atoms with Crippen LogP contribution >= 0.6 is 0 Å². The maximum absolute atomic E-state index is 11.8. The molecule has 1 rings (SSSR count). The molecule has 0 bridgehead atoms. The van der Waals surface area contributed by atoms with Crippen LogP contribution in [0.2, 0.25) is 0 Å². The van der Waals surface area contributed by atoms with Crippen LogP contribution in [0.5, 0.6) is 0 Å². The first kappa shape index (κ1) is 16.9. The minimum atomic E-state index is -2.87. The van der Waals surface area contributed by atoms with Gasteiger partial charge in [-0.25, -0.2) is 8.42 Å². The van der Waals surface area contributed by atoms with Gasteiger partial charge in [-0.3, -0.25) is 4.90 Å². The van der Waals surface area contributed by atoms with Crippen LogP contribution in [0.15, 0.2) is 0 Å². The first-order valence-electron chi connectivity index (χ1n) is 7.57. The third-order valence-electron chi connectivity index (χ3n) is 4.46. The van der Waals surface area contributed by atoms with E-state index in [-0.39, 0.29) is 5.54 Å². The van der Waals surface area contributed by atoms with Gasteiger partial charge in [-0.2, -0.15) is 0 Å².